The van der Waals surface area contributed by atoms with Crippen LogP contribution in [0, 0.1) is 5.41 Å². The number of aromatic nitrogens is 2. The number of nitrogens with two attached hydrogens (primary N) is 3. The fraction of sp³-hybridized carbons (Fsp3) is 0.500. The van der Waals surface area contributed by atoms with E-state index in [0.29, 0.717) is 19.6 Å². The Bertz CT molecular complexity index is 1190. The summed E-state index contributed by atoms with van der Waals surface area (Å²) in [6, 6.07) is 10.4. The maximum absolute atomic E-state index is 13.1. The predicted octanol–water partition coefficient (Wildman–Crippen LogP) is 1.42. The average molecular weight is 557 g/mol. The van der Waals surface area contributed by atoms with Crippen LogP contribution in [0.25, 0.3) is 0 Å². The summed E-state index contributed by atoms with van der Waals surface area (Å²) in [4.78, 5) is 43.5. The Morgan fingerprint density at radius 3 is 2.31 bits per heavy atom. The van der Waals surface area contributed by atoms with Crippen LogP contribution in [-0.2, 0) is 6.42 Å². The highest BCUT2D eigenvalue weighted by atomic mass is 35.5. The molecule has 12 nitrogen and oxygen atoms in total. The molecule has 3 amide bonds. The van der Waals surface area contributed by atoms with Crippen LogP contribution in [0.1, 0.15) is 35.3 Å². The van der Waals surface area contributed by atoms with Gasteiger partial charge in [-0.3, -0.25) is 4.79 Å². The molecule has 0 atom stereocenters. The van der Waals surface area contributed by atoms with E-state index in [-0.39, 0.29) is 39.9 Å². The van der Waals surface area contributed by atoms with Gasteiger partial charge in [0, 0.05) is 45.8 Å². The molecule has 0 bridgehead atoms. The Morgan fingerprint density at radius 1 is 1.00 bits per heavy atom. The van der Waals surface area contributed by atoms with Gasteiger partial charge in [0.25, 0.3) is 0 Å². The first-order chi connectivity index (χ1) is 18.7. The van der Waals surface area contributed by atoms with Crippen molar-refractivity contribution in [2.45, 2.75) is 25.7 Å². The lowest BCUT2D eigenvalue weighted by molar-refractivity contribution is 0.0803. The zero-order chi connectivity index (χ0) is 28.0. The molecule has 2 saturated heterocycles. The fourth-order valence-electron chi connectivity index (χ4n) is 5.02. The van der Waals surface area contributed by atoms with Gasteiger partial charge in [-0.2, -0.15) is 4.99 Å². The molecule has 0 unspecified atom stereocenters. The number of aryl methyl sites for hydroxylation is 1. The first-order valence-corrected chi connectivity index (χ1v) is 13.5. The van der Waals surface area contributed by atoms with Crippen LogP contribution in [0.3, 0.4) is 0 Å². The first kappa shape index (κ1) is 28.4. The van der Waals surface area contributed by atoms with Crippen molar-refractivity contribution in [2.75, 3.05) is 64.3 Å². The summed E-state index contributed by atoms with van der Waals surface area (Å²) in [7, 11) is 2.08. The molecule has 0 radical (unpaired) electrons. The molecule has 1 aromatic carbocycles. The molecular formula is C26H37ClN10O2. The van der Waals surface area contributed by atoms with Crippen molar-refractivity contribution in [2.24, 2.45) is 16.1 Å². The molecule has 1 aromatic heterocycles. The molecule has 13 heteroatoms. The van der Waals surface area contributed by atoms with Gasteiger partial charge in [-0.1, -0.05) is 41.9 Å². The van der Waals surface area contributed by atoms with Gasteiger partial charge in [-0.15, -0.1) is 0 Å². The van der Waals surface area contributed by atoms with Crippen molar-refractivity contribution in [3.05, 3.63) is 46.7 Å². The molecule has 0 aliphatic carbocycles. The number of carbonyl (C=O) groups excluding carboxylic acids is 2. The van der Waals surface area contributed by atoms with Crippen LogP contribution in [0.15, 0.2) is 35.3 Å². The number of nitrogen functional groups attached to an aromatic ring is 2. The number of piperazine rings is 1. The van der Waals surface area contributed by atoms with E-state index < -0.39 is 5.91 Å². The number of carbonyl (C=O) groups is 2. The third-order valence-corrected chi connectivity index (χ3v) is 7.91. The van der Waals surface area contributed by atoms with E-state index >= 15 is 0 Å². The number of rotatable bonds is 6. The number of hydrogen-bond acceptors (Lipinski definition) is 7. The van der Waals surface area contributed by atoms with Crippen LogP contribution in [0.5, 0.6) is 0 Å². The maximum Gasteiger partial charge on any atom is 0.320 e. The number of amides is 3. The van der Waals surface area contributed by atoms with E-state index in [1.807, 2.05) is 28.0 Å². The van der Waals surface area contributed by atoms with Crippen molar-refractivity contribution >= 4 is 41.1 Å². The van der Waals surface area contributed by atoms with Gasteiger partial charge in [-0.25, -0.2) is 14.8 Å². The van der Waals surface area contributed by atoms with Crippen LogP contribution in [0.4, 0.5) is 16.4 Å². The fourth-order valence-corrected chi connectivity index (χ4v) is 5.15. The molecule has 0 saturated carbocycles. The Labute approximate surface area is 233 Å². The monoisotopic (exact) mass is 556 g/mol. The number of hydrogen-bond donors (Lipinski definition) is 4. The lowest BCUT2D eigenvalue weighted by Gasteiger charge is -2.44. The average Bonchev–Trinajstić information content (AvgIpc) is 2.94. The number of guanidine groups is 1. The van der Waals surface area contributed by atoms with Crippen LogP contribution in [-0.4, -0.2) is 95.4 Å². The topological polar surface area (TPSA) is 172 Å². The Hall–Kier alpha value is -3.64. The maximum atomic E-state index is 13.1. The van der Waals surface area contributed by atoms with E-state index in [1.54, 1.807) is 0 Å². The number of halogens is 1. The first-order valence-electron chi connectivity index (χ1n) is 13.1. The third kappa shape index (κ3) is 7.27. The lowest BCUT2D eigenvalue weighted by atomic mass is 9.74. The van der Waals surface area contributed by atoms with Crippen LogP contribution in [0.2, 0.25) is 5.15 Å². The van der Waals surface area contributed by atoms with E-state index in [4.69, 9.17) is 28.8 Å². The second kappa shape index (κ2) is 12.5. The molecule has 39 heavy (non-hydrogen) atoms. The number of aliphatic imine (C=N–C) groups is 1. The lowest BCUT2D eigenvalue weighted by Crippen LogP contribution is -2.55. The van der Waals surface area contributed by atoms with Gasteiger partial charge < -0.3 is 37.2 Å². The van der Waals surface area contributed by atoms with Gasteiger partial charge in [0.15, 0.2) is 28.4 Å². The number of nitrogens with zero attached hydrogens (tertiary/aromatic N) is 6. The highest BCUT2D eigenvalue weighted by molar-refractivity contribution is 6.31. The molecular weight excluding hydrogens is 520 g/mol. The highest BCUT2D eigenvalue weighted by Crippen LogP contribution is 2.36. The minimum absolute atomic E-state index is 0.0517. The minimum atomic E-state index is -0.766. The molecule has 3 heterocycles. The van der Waals surface area contributed by atoms with Crippen LogP contribution >= 0.6 is 11.6 Å². The van der Waals surface area contributed by atoms with Crippen molar-refractivity contribution in [3.63, 3.8) is 0 Å². The Morgan fingerprint density at radius 2 is 1.64 bits per heavy atom. The van der Waals surface area contributed by atoms with Gasteiger partial charge >= 0.3 is 11.9 Å². The zero-order valence-electron chi connectivity index (χ0n) is 22.3. The van der Waals surface area contributed by atoms with Gasteiger partial charge in [-0.05, 0) is 43.7 Å². The SMILES string of the molecule is CN1CCN(C(=O)N2CCC(CCc3ccccc3)(CN/C(N)=N/C(=O)c3nc(Cl)c(N)nc3N)CC2)CC1. The number of urea groups is 1. The largest absolute Gasteiger partial charge is 0.382 e. The second-order valence-electron chi connectivity index (χ2n) is 10.3. The Kier molecular flexibility index (Phi) is 9.08. The molecule has 2 aliphatic rings. The number of piperidine rings is 1. The minimum Gasteiger partial charge on any atom is -0.382 e. The van der Waals surface area contributed by atoms with Crippen molar-refractivity contribution in [3.8, 4) is 0 Å². The summed E-state index contributed by atoms with van der Waals surface area (Å²) >= 11 is 5.89. The van der Waals surface area contributed by atoms with Gasteiger partial charge in [0.2, 0.25) is 0 Å². The predicted molar refractivity (Wildman–Crippen MR) is 152 cm³/mol. The summed E-state index contributed by atoms with van der Waals surface area (Å²) in [6.45, 7) is 5.11. The quantitative estimate of drug-likeness (QED) is 0.303. The van der Waals surface area contributed by atoms with Crippen molar-refractivity contribution < 1.29 is 9.59 Å². The van der Waals surface area contributed by atoms with E-state index in [9.17, 15) is 9.59 Å². The number of likely N-dealkylation sites (tertiary alicyclic amines) is 1. The second-order valence-corrected chi connectivity index (χ2v) is 10.7. The standard InChI is InChI=1S/C26H37ClN10O2/c1-35-13-15-37(16-14-35)25(39)36-11-9-26(10-12-36,8-7-18-5-3-2-4-6-18)17-31-24(30)34-23(38)19-21(28)33-22(29)20(27)32-19/h2-6H,7-17H2,1H3,(H4,28,29,33)(H3,30,31,34,38). The molecule has 210 valence electrons. The molecule has 4 rings (SSSR count). The van der Waals surface area contributed by atoms with Crippen molar-refractivity contribution in [1.82, 2.24) is 30.0 Å². The van der Waals surface area contributed by atoms with Gasteiger partial charge in [0.05, 0.1) is 0 Å². The zero-order valence-corrected chi connectivity index (χ0v) is 23.0. The van der Waals surface area contributed by atoms with Crippen LogP contribution < -0.4 is 22.5 Å². The third-order valence-electron chi connectivity index (χ3n) is 7.63. The summed E-state index contributed by atoms with van der Waals surface area (Å²) in [5.74, 6) is -1.06. The summed E-state index contributed by atoms with van der Waals surface area (Å²) in [6.07, 6.45) is 3.40. The van der Waals surface area contributed by atoms with Gasteiger partial charge in [0.1, 0.15) is 0 Å². The number of anilines is 2. The summed E-state index contributed by atoms with van der Waals surface area (Å²) in [5, 5.41) is 3.00. The summed E-state index contributed by atoms with van der Waals surface area (Å²) < 4.78 is 0. The van der Waals surface area contributed by atoms with E-state index in [2.05, 4.69) is 44.4 Å². The molecule has 2 fully saturated rings. The highest BCUT2D eigenvalue weighted by Gasteiger charge is 2.37. The number of likely N-dealkylation sites (N-methyl/N-ethyl adjacent to an activating group) is 1. The molecule has 0 spiro atoms. The number of nitrogens with one attached hydrogen (secondary N) is 1. The van der Waals surface area contributed by atoms with Crippen molar-refractivity contribution in [1.29, 1.82) is 0 Å². The molecule has 2 aliphatic heterocycles. The molecule has 7 N–H and O–H groups in total. The normalized spacial score (nSPS) is 18.2. The van der Waals surface area contributed by atoms with E-state index in [0.717, 1.165) is 51.9 Å². The molecule has 2 aromatic rings. The summed E-state index contributed by atoms with van der Waals surface area (Å²) in [5.41, 5.74) is 18.3. The smallest absolute Gasteiger partial charge is 0.320 e. The Balaban J connectivity index is 1.42. The van der Waals surface area contributed by atoms with E-state index in [1.165, 1.54) is 5.56 Å². The number of benzene rings is 1.